The summed E-state index contributed by atoms with van der Waals surface area (Å²) in [4.78, 5) is 11.9. The Hall–Kier alpha value is -1.41. The standard InChI is InChI=1S/C28H40O2/c1-17(2)18(3)15-26(30)19(4)23-9-10-24-22-8-7-20-16-21(29)11-13-27(20,5)25(22)12-14-28(23,24)6/h7-8,11,13,16,19,22-26,30H,9-10,12,14-15H2,1-6H3/t19-,22-,23+,24-,25-,26+,27-,28+/m0/s1. The Labute approximate surface area is 183 Å². The van der Waals surface area contributed by atoms with Crippen LogP contribution in [0.4, 0.5) is 0 Å². The number of carbonyl (C=O) groups excluding carboxylic acids is 1. The quantitative estimate of drug-likeness (QED) is 0.544. The lowest BCUT2D eigenvalue weighted by Crippen LogP contribution is -2.49. The summed E-state index contributed by atoms with van der Waals surface area (Å²) in [5.41, 5.74) is 4.17. The first kappa shape index (κ1) is 21.8. The molecule has 1 N–H and O–H groups in total. The third-order valence-corrected chi connectivity index (χ3v) is 9.80. The molecular formula is C28H40O2. The predicted octanol–water partition coefficient (Wildman–Crippen LogP) is 6.43. The summed E-state index contributed by atoms with van der Waals surface area (Å²) >= 11 is 0. The molecule has 2 nitrogen and oxygen atoms in total. The van der Waals surface area contributed by atoms with E-state index in [1.807, 2.05) is 6.08 Å². The molecule has 4 aliphatic carbocycles. The van der Waals surface area contributed by atoms with Crippen LogP contribution in [0.2, 0.25) is 0 Å². The van der Waals surface area contributed by atoms with E-state index in [0.717, 1.165) is 6.42 Å². The van der Waals surface area contributed by atoms with Gasteiger partial charge in [-0.2, -0.15) is 0 Å². The minimum Gasteiger partial charge on any atom is -0.393 e. The van der Waals surface area contributed by atoms with Crippen LogP contribution in [-0.2, 0) is 4.79 Å². The Morgan fingerprint density at radius 3 is 2.57 bits per heavy atom. The molecule has 0 heterocycles. The lowest BCUT2D eigenvalue weighted by molar-refractivity contribution is -0.110. The summed E-state index contributed by atoms with van der Waals surface area (Å²) in [5, 5.41) is 11.1. The van der Waals surface area contributed by atoms with Crippen molar-refractivity contribution in [3.8, 4) is 0 Å². The number of hydrogen-bond donors (Lipinski definition) is 1. The first-order chi connectivity index (χ1) is 14.1. The molecule has 0 aromatic heterocycles. The molecule has 0 saturated heterocycles. The molecule has 30 heavy (non-hydrogen) atoms. The van der Waals surface area contributed by atoms with Crippen LogP contribution in [0.25, 0.3) is 0 Å². The van der Waals surface area contributed by atoms with Crippen molar-refractivity contribution < 1.29 is 9.90 Å². The summed E-state index contributed by atoms with van der Waals surface area (Å²) in [6.45, 7) is 13.6. The number of aliphatic hydroxyl groups excluding tert-OH is 1. The van der Waals surface area contributed by atoms with Crippen molar-refractivity contribution in [2.24, 2.45) is 40.4 Å². The van der Waals surface area contributed by atoms with E-state index in [9.17, 15) is 9.90 Å². The zero-order chi connectivity index (χ0) is 21.8. The third-order valence-electron chi connectivity index (χ3n) is 9.80. The number of carbonyl (C=O) groups is 1. The fourth-order valence-electron chi connectivity index (χ4n) is 7.53. The monoisotopic (exact) mass is 408 g/mol. The SMILES string of the molecule is CC(C)=C(C)C[C@@H](O)[C@@H](C)[C@H]1CC[C@H]2[C@@H]3C=CC4=CC(=O)C=C[C@]4(C)[C@H]3CC[C@]12C. The second-order valence-corrected chi connectivity index (χ2v) is 11.4. The fourth-order valence-corrected chi connectivity index (χ4v) is 7.53. The molecule has 0 bridgehead atoms. The Kier molecular flexibility index (Phi) is 5.54. The van der Waals surface area contributed by atoms with Crippen LogP contribution < -0.4 is 0 Å². The van der Waals surface area contributed by atoms with Gasteiger partial charge in [-0.1, -0.05) is 50.1 Å². The van der Waals surface area contributed by atoms with Crippen LogP contribution in [0, 0.1) is 40.4 Å². The van der Waals surface area contributed by atoms with Crippen molar-refractivity contribution in [1.29, 1.82) is 0 Å². The molecular weight excluding hydrogens is 368 g/mol. The summed E-state index contributed by atoms with van der Waals surface area (Å²) < 4.78 is 0. The van der Waals surface area contributed by atoms with E-state index in [1.165, 1.54) is 42.4 Å². The van der Waals surface area contributed by atoms with Gasteiger partial charge in [0.25, 0.3) is 0 Å². The summed E-state index contributed by atoms with van der Waals surface area (Å²) in [6.07, 6.45) is 16.0. The van der Waals surface area contributed by atoms with Gasteiger partial charge in [-0.3, -0.25) is 4.79 Å². The highest BCUT2D eigenvalue weighted by molar-refractivity contribution is 6.01. The first-order valence-corrected chi connectivity index (χ1v) is 12.0. The molecule has 0 spiro atoms. The third kappa shape index (κ3) is 3.30. The second-order valence-electron chi connectivity index (χ2n) is 11.4. The predicted molar refractivity (Wildman–Crippen MR) is 124 cm³/mol. The van der Waals surface area contributed by atoms with E-state index in [-0.39, 0.29) is 17.3 Å². The zero-order valence-electron chi connectivity index (χ0n) is 19.7. The number of hydrogen-bond acceptors (Lipinski definition) is 2. The molecule has 2 heteroatoms. The maximum absolute atomic E-state index is 11.9. The van der Waals surface area contributed by atoms with Crippen LogP contribution in [0.15, 0.2) is 47.1 Å². The number of fused-ring (bicyclic) bond motifs is 5. The number of rotatable bonds is 4. The Morgan fingerprint density at radius 1 is 1.13 bits per heavy atom. The highest BCUT2D eigenvalue weighted by atomic mass is 16.3. The van der Waals surface area contributed by atoms with Gasteiger partial charge in [-0.05, 0) is 106 Å². The molecule has 4 aliphatic rings. The first-order valence-electron chi connectivity index (χ1n) is 12.0. The van der Waals surface area contributed by atoms with E-state index in [1.54, 1.807) is 6.08 Å². The smallest absolute Gasteiger partial charge is 0.178 e. The molecule has 0 unspecified atom stereocenters. The normalized spacial score (nSPS) is 41.4. The molecule has 0 aliphatic heterocycles. The molecule has 0 amide bonds. The highest BCUT2D eigenvalue weighted by Gasteiger charge is 2.58. The molecule has 8 atom stereocenters. The van der Waals surface area contributed by atoms with Crippen molar-refractivity contribution in [2.45, 2.75) is 79.8 Å². The zero-order valence-corrected chi connectivity index (χ0v) is 19.7. The van der Waals surface area contributed by atoms with Crippen LogP contribution >= 0.6 is 0 Å². The molecule has 2 fully saturated rings. The molecule has 2 saturated carbocycles. The van der Waals surface area contributed by atoms with Crippen LogP contribution in [0.5, 0.6) is 0 Å². The summed E-state index contributed by atoms with van der Waals surface area (Å²) in [7, 11) is 0. The van der Waals surface area contributed by atoms with E-state index in [2.05, 4.69) is 59.8 Å². The number of aliphatic hydroxyl groups is 1. The van der Waals surface area contributed by atoms with Gasteiger partial charge < -0.3 is 5.11 Å². The van der Waals surface area contributed by atoms with Crippen molar-refractivity contribution >= 4 is 5.78 Å². The van der Waals surface area contributed by atoms with E-state index in [4.69, 9.17) is 0 Å². The topological polar surface area (TPSA) is 37.3 Å². The maximum Gasteiger partial charge on any atom is 0.178 e. The molecule has 0 aromatic rings. The van der Waals surface area contributed by atoms with Crippen molar-refractivity contribution in [3.05, 3.63) is 47.1 Å². The van der Waals surface area contributed by atoms with Gasteiger partial charge in [0, 0.05) is 5.41 Å². The maximum atomic E-state index is 11.9. The van der Waals surface area contributed by atoms with Gasteiger partial charge in [0.1, 0.15) is 0 Å². The minimum atomic E-state index is -0.251. The summed E-state index contributed by atoms with van der Waals surface area (Å²) in [5.74, 6) is 2.89. The van der Waals surface area contributed by atoms with E-state index in [0.29, 0.717) is 35.0 Å². The Morgan fingerprint density at radius 2 is 1.87 bits per heavy atom. The van der Waals surface area contributed by atoms with Gasteiger partial charge in [0.15, 0.2) is 5.78 Å². The Balaban J connectivity index is 1.58. The average Bonchev–Trinajstić information content (AvgIpc) is 3.04. The van der Waals surface area contributed by atoms with Crippen LogP contribution in [0.1, 0.15) is 73.6 Å². The largest absolute Gasteiger partial charge is 0.393 e. The van der Waals surface area contributed by atoms with Crippen LogP contribution in [-0.4, -0.2) is 17.0 Å². The van der Waals surface area contributed by atoms with E-state index >= 15 is 0 Å². The average molecular weight is 409 g/mol. The van der Waals surface area contributed by atoms with Gasteiger partial charge in [0.2, 0.25) is 0 Å². The number of ketones is 1. The summed E-state index contributed by atoms with van der Waals surface area (Å²) in [6, 6.07) is 0. The van der Waals surface area contributed by atoms with Gasteiger partial charge in [-0.25, -0.2) is 0 Å². The van der Waals surface area contributed by atoms with Crippen molar-refractivity contribution in [3.63, 3.8) is 0 Å². The molecule has 4 rings (SSSR count). The molecule has 0 aromatic carbocycles. The van der Waals surface area contributed by atoms with Crippen LogP contribution in [0.3, 0.4) is 0 Å². The lowest BCUT2D eigenvalue weighted by atomic mass is 9.49. The minimum absolute atomic E-state index is 0.00155. The Bertz CT molecular complexity index is 839. The lowest BCUT2D eigenvalue weighted by Gasteiger charge is -2.55. The van der Waals surface area contributed by atoms with E-state index < -0.39 is 0 Å². The van der Waals surface area contributed by atoms with Crippen molar-refractivity contribution in [1.82, 2.24) is 0 Å². The van der Waals surface area contributed by atoms with Gasteiger partial charge in [-0.15, -0.1) is 0 Å². The molecule has 164 valence electrons. The fraction of sp³-hybridized carbons (Fsp3) is 0.679. The van der Waals surface area contributed by atoms with Gasteiger partial charge >= 0.3 is 0 Å². The highest BCUT2D eigenvalue weighted by Crippen LogP contribution is 2.65. The molecule has 0 radical (unpaired) electrons. The number of allylic oxidation sites excluding steroid dienone is 7. The second kappa shape index (κ2) is 7.62. The van der Waals surface area contributed by atoms with Crippen molar-refractivity contribution in [2.75, 3.05) is 0 Å². The van der Waals surface area contributed by atoms with Gasteiger partial charge in [0.05, 0.1) is 6.10 Å².